The Kier molecular flexibility index (Phi) is 6.71. The summed E-state index contributed by atoms with van der Waals surface area (Å²) in [4.78, 5) is 0. The van der Waals surface area contributed by atoms with Crippen molar-refractivity contribution in [2.75, 3.05) is 26.9 Å². The van der Waals surface area contributed by atoms with E-state index in [0.29, 0.717) is 19.8 Å². The Hall–Kier alpha value is -2.20. The summed E-state index contributed by atoms with van der Waals surface area (Å²) in [6.45, 7) is 8.12. The molecule has 4 heteroatoms. The van der Waals surface area contributed by atoms with Gasteiger partial charge in [-0.25, -0.2) is 0 Å². The van der Waals surface area contributed by atoms with Crippen LogP contribution in [0.3, 0.4) is 0 Å². The average molecular weight is 343 g/mol. The van der Waals surface area contributed by atoms with Crippen molar-refractivity contribution < 1.29 is 14.2 Å². The molecule has 0 saturated heterocycles. The lowest BCUT2D eigenvalue weighted by atomic mass is 9.86. The summed E-state index contributed by atoms with van der Waals surface area (Å²) in [5, 5.41) is 0. The molecular weight excluding hydrogens is 314 g/mol. The fraction of sp³-hybridized carbons (Fsp3) is 0.429. The number of ether oxygens (including phenoxy) is 3. The van der Waals surface area contributed by atoms with Gasteiger partial charge < -0.3 is 19.9 Å². The lowest BCUT2D eigenvalue weighted by Gasteiger charge is -2.23. The maximum Gasteiger partial charge on any atom is 0.123 e. The Morgan fingerprint density at radius 1 is 0.880 bits per heavy atom. The van der Waals surface area contributed by atoms with Crippen LogP contribution in [0.2, 0.25) is 0 Å². The molecule has 0 spiro atoms. The summed E-state index contributed by atoms with van der Waals surface area (Å²) in [7, 11) is 1.68. The van der Waals surface area contributed by atoms with Gasteiger partial charge >= 0.3 is 0 Å². The highest BCUT2D eigenvalue weighted by atomic mass is 16.5. The predicted octanol–water partition coefficient (Wildman–Crippen LogP) is 3.95. The average Bonchev–Trinajstić information content (AvgIpc) is 2.59. The third kappa shape index (κ3) is 5.68. The quantitative estimate of drug-likeness (QED) is 0.737. The molecule has 2 N–H and O–H groups in total. The van der Waals surface area contributed by atoms with Gasteiger partial charge in [0.15, 0.2) is 0 Å². The van der Waals surface area contributed by atoms with Crippen LogP contribution in [0.1, 0.15) is 31.9 Å². The van der Waals surface area contributed by atoms with Gasteiger partial charge in [0.1, 0.15) is 30.5 Å². The normalized spacial score (nSPS) is 11.2. The van der Waals surface area contributed by atoms with Gasteiger partial charge in [0.25, 0.3) is 0 Å². The largest absolute Gasteiger partial charge is 0.497 e. The molecule has 2 aromatic rings. The number of hydrogen-bond acceptors (Lipinski definition) is 4. The van der Waals surface area contributed by atoms with Crippen molar-refractivity contribution >= 4 is 0 Å². The molecule has 0 amide bonds. The number of nitrogens with two attached hydrogens (primary N) is 1. The molecule has 2 rings (SSSR count). The number of methoxy groups -OCH3 is 1. The van der Waals surface area contributed by atoms with Gasteiger partial charge in [0, 0.05) is 5.56 Å². The van der Waals surface area contributed by atoms with E-state index in [1.807, 2.05) is 42.5 Å². The Morgan fingerprint density at radius 2 is 1.52 bits per heavy atom. The van der Waals surface area contributed by atoms with E-state index >= 15 is 0 Å². The Bertz CT molecular complexity index is 660. The second-order valence-corrected chi connectivity index (χ2v) is 6.99. The smallest absolute Gasteiger partial charge is 0.123 e. The van der Waals surface area contributed by atoms with Gasteiger partial charge in [-0.05, 0) is 54.3 Å². The van der Waals surface area contributed by atoms with Crippen LogP contribution in [-0.4, -0.2) is 26.9 Å². The highest BCUT2D eigenvalue weighted by Gasteiger charge is 2.20. The molecule has 2 aromatic carbocycles. The van der Waals surface area contributed by atoms with E-state index in [0.717, 1.165) is 29.2 Å². The maximum atomic E-state index is 5.95. The van der Waals surface area contributed by atoms with E-state index < -0.39 is 0 Å². The van der Waals surface area contributed by atoms with E-state index in [2.05, 4.69) is 20.8 Å². The van der Waals surface area contributed by atoms with Crippen LogP contribution in [0.15, 0.2) is 42.5 Å². The predicted molar refractivity (Wildman–Crippen MR) is 102 cm³/mol. The molecular formula is C21H29NO3. The topological polar surface area (TPSA) is 53.7 Å². The zero-order chi connectivity index (χ0) is 18.3. The van der Waals surface area contributed by atoms with Crippen LogP contribution in [-0.2, 0) is 11.8 Å². The van der Waals surface area contributed by atoms with Crippen molar-refractivity contribution in [3.63, 3.8) is 0 Å². The van der Waals surface area contributed by atoms with E-state index in [1.54, 1.807) is 7.11 Å². The highest BCUT2D eigenvalue weighted by Crippen LogP contribution is 2.34. The van der Waals surface area contributed by atoms with Gasteiger partial charge in [-0.3, -0.25) is 0 Å². The van der Waals surface area contributed by atoms with Crippen molar-refractivity contribution in [2.45, 2.75) is 32.6 Å². The van der Waals surface area contributed by atoms with E-state index in [-0.39, 0.29) is 5.41 Å². The molecule has 0 aromatic heterocycles. The first-order valence-corrected chi connectivity index (χ1v) is 8.67. The van der Waals surface area contributed by atoms with E-state index in [9.17, 15) is 0 Å². The molecule has 0 aliphatic heterocycles. The summed E-state index contributed by atoms with van der Waals surface area (Å²) in [5.74, 6) is 2.55. The fourth-order valence-electron chi connectivity index (χ4n) is 2.58. The minimum absolute atomic E-state index is 0.0243. The highest BCUT2D eigenvalue weighted by molar-refractivity contribution is 5.44. The molecule has 4 nitrogen and oxygen atoms in total. The lowest BCUT2D eigenvalue weighted by Crippen LogP contribution is -2.16. The van der Waals surface area contributed by atoms with Crippen molar-refractivity contribution in [3.05, 3.63) is 53.6 Å². The fourth-order valence-corrected chi connectivity index (χ4v) is 2.58. The van der Waals surface area contributed by atoms with Crippen LogP contribution in [0, 0.1) is 0 Å². The minimum atomic E-state index is -0.0243. The van der Waals surface area contributed by atoms with Gasteiger partial charge in [-0.2, -0.15) is 0 Å². The Labute approximate surface area is 150 Å². The first-order valence-electron chi connectivity index (χ1n) is 8.67. The van der Waals surface area contributed by atoms with Gasteiger partial charge in [-0.1, -0.05) is 32.9 Å². The van der Waals surface area contributed by atoms with Crippen LogP contribution in [0.4, 0.5) is 0 Å². The molecule has 0 atom stereocenters. The first kappa shape index (κ1) is 19.1. The van der Waals surface area contributed by atoms with Gasteiger partial charge in [-0.15, -0.1) is 0 Å². The van der Waals surface area contributed by atoms with Crippen molar-refractivity contribution in [1.82, 2.24) is 0 Å². The van der Waals surface area contributed by atoms with Crippen LogP contribution in [0.5, 0.6) is 17.2 Å². The molecule has 0 fully saturated rings. The van der Waals surface area contributed by atoms with E-state index in [4.69, 9.17) is 19.9 Å². The standard InChI is InChI=1S/C21H29NO3/c1-21(2,3)19-15-18(23-4)9-10-20(19)25-14-13-24-17-7-5-16(6-8-17)11-12-22/h5-10,15H,11-14,22H2,1-4H3. The number of rotatable bonds is 8. The van der Waals surface area contributed by atoms with Crippen LogP contribution in [0.25, 0.3) is 0 Å². The van der Waals surface area contributed by atoms with E-state index in [1.165, 1.54) is 5.56 Å². The molecule has 0 unspecified atom stereocenters. The van der Waals surface area contributed by atoms with Crippen molar-refractivity contribution in [3.8, 4) is 17.2 Å². The Balaban J connectivity index is 1.91. The summed E-state index contributed by atoms with van der Waals surface area (Å²) in [5.41, 5.74) is 7.88. The second kappa shape index (κ2) is 8.77. The third-order valence-corrected chi connectivity index (χ3v) is 3.96. The molecule has 0 radical (unpaired) electrons. The lowest BCUT2D eigenvalue weighted by molar-refractivity contribution is 0.214. The summed E-state index contributed by atoms with van der Waals surface area (Å²) >= 11 is 0. The zero-order valence-electron chi connectivity index (χ0n) is 15.7. The second-order valence-electron chi connectivity index (χ2n) is 6.99. The van der Waals surface area contributed by atoms with Crippen LogP contribution < -0.4 is 19.9 Å². The first-order chi connectivity index (χ1) is 11.9. The monoisotopic (exact) mass is 343 g/mol. The molecule has 25 heavy (non-hydrogen) atoms. The minimum Gasteiger partial charge on any atom is -0.497 e. The summed E-state index contributed by atoms with van der Waals surface area (Å²) < 4.78 is 17.0. The van der Waals surface area contributed by atoms with Crippen LogP contribution >= 0.6 is 0 Å². The summed E-state index contributed by atoms with van der Waals surface area (Å²) in [6, 6.07) is 13.9. The number of benzene rings is 2. The summed E-state index contributed by atoms with van der Waals surface area (Å²) in [6.07, 6.45) is 0.885. The SMILES string of the molecule is COc1ccc(OCCOc2ccc(CCN)cc2)c(C(C)(C)C)c1. The van der Waals surface area contributed by atoms with Crippen molar-refractivity contribution in [2.24, 2.45) is 5.73 Å². The zero-order valence-corrected chi connectivity index (χ0v) is 15.7. The molecule has 0 heterocycles. The number of hydrogen-bond donors (Lipinski definition) is 1. The van der Waals surface area contributed by atoms with Gasteiger partial charge in [0.05, 0.1) is 7.11 Å². The van der Waals surface area contributed by atoms with Gasteiger partial charge in [0.2, 0.25) is 0 Å². The maximum absolute atomic E-state index is 5.95. The molecule has 0 aliphatic rings. The third-order valence-electron chi connectivity index (χ3n) is 3.96. The molecule has 0 bridgehead atoms. The molecule has 136 valence electrons. The van der Waals surface area contributed by atoms with Crippen molar-refractivity contribution in [1.29, 1.82) is 0 Å². The molecule has 0 saturated carbocycles. The molecule has 0 aliphatic carbocycles. The Morgan fingerprint density at radius 3 is 2.12 bits per heavy atom.